The van der Waals surface area contributed by atoms with E-state index < -0.39 is 18.2 Å². The van der Waals surface area contributed by atoms with Gasteiger partial charge in [-0.1, -0.05) is 6.92 Å². The molecule has 8 heteroatoms. The second-order valence-corrected chi connectivity index (χ2v) is 5.30. The Bertz CT molecular complexity index is 673. The lowest BCUT2D eigenvalue weighted by Gasteiger charge is -2.33. The van der Waals surface area contributed by atoms with Gasteiger partial charge in [0.15, 0.2) is 6.10 Å². The van der Waals surface area contributed by atoms with Gasteiger partial charge in [-0.3, -0.25) is 4.79 Å². The molecule has 130 valence electrons. The van der Waals surface area contributed by atoms with Crippen LogP contribution in [0.2, 0.25) is 0 Å². The minimum absolute atomic E-state index is 0.133. The van der Waals surface area contributed by atoms with E-state index in [0.29, 0.717) is 23.4 Å². The van der Waals surface area contributed by atoms with E-state index in [1.54, 1.807) is 13.0 Å². The molecule has 2 N–H and O–H groups in total. The highest BCUT2D eigenvalue weighted by Gasteiger charge is 2.32. The summed E-state index contributed by atoms with van der Waals surface area (Å²) < 4.78 is 10.1. The molecule has 0 saturated carbocycles. The lowest BCUT2D eigenvalue weighted by molar-refractivity contribution is -0.125. The normalized spacial score (nSPS) is 16.2. The largest absolute Gasteiger partial charge is 0.479 e. The molecule has 0 spiro atoms. The van der Waals surface area contributed by atoms with Crippen LogP contribution in [-0.4, -0.2) is 49.4 Å². The molecule has 2 rings (SSSR count). The van der Waals surface area contributed by atoms with Gasteiger partial charge in [-0.05, 0) is 31.0 Å². The van der Waals surface area contributed by atoms with Crippen LogP contribution in [0.5, 0.6) is 5.75 Å². The molecular weight excluding hydrogens is 316 g/mol. The van der Waals surface area contributed by atoms with Crippen LogP contribution < -0.4 is 15.0 Å². The molecule has 24 heavy (non-hydrogen) atoms. The van der Waals surface area contributed by atoms with Crippen LogP contribution in [0.15, 0.2) is 12.1 Å². The molecule has 0 bridgehead atoms. The summed E-state index contributed by atoms with van der Waals surface area (Å²) in [5.74, 6) is -0.898. The first-order valence-electron chi connectivity index (χ1n) is 7.59. The van der Waals surface area contributed by atoms with Crippen molar-refractivity contribution in [3.63, 3.8) is 0 Å². The number of carbonyl (C=O) groups excluding carboxylic acids is 2. The smallest absolute Gasteiger partial charge is 0.406 e. The molecule has 1 aliphatic rings. The van der Waals surface area contributed by atoms with Gasteiger partial charge in [0.2, 0.25) is 0 Å². The van der Waals surface area contributed by atoms with Crippen molar-refractivity contribution in [3.05, 3.63) is 23.3 Å². The number of methoxy groups -OCH3 is 1. The standard InChI is InChI=1S/C16H20N2O6/c1-4-10-7-13-12(8-11(10)15(20)21)18(14(19)9(2)24-13)6-5-17-16(22)23-3/h7-9H,4-6H2,1-3H3,(H,17,22)(H,20,21)/t9-/m1/s1. The quantitative estimate of drug-likeness (QED) is 0.842. The number of rotatable bonds is 5. The Morgan fingerprint density at radius 3 is 2.71 bits per heavy atom. The first-order valence-corrected chi connectivity index (χ1v) is 7.59. The number of aromatic carboxylic acids is 1. The monoisotopic (exact) mass is 336 g/mol. The van der Waals surface area contributed by atoms with Gasteiger partial charge in [-0.25, -0.2) is 9.59 Å². The number of benzene rings is 1. The third kappa shape index (κ3) is 3.42. The Kier molecular flexibility index (Phi) is 5.28. The molecule has 1 heterocycles. The zero-order chi connectivity index (χ0) is 17.9. The summed E-state index contributed by atoms with van der Waals surface area (Å²) in [5.41, 5.74) is 1.16. The number of alkyl carbamates (subject to hydrolysis) is 1. The zero-order valence-electron chi connectivity index (χ0n) is 13.8. The Morgan fingerprint density at radius 2 is 2.12 bits per heavy atom. The lowest BCUT2D eigenvalue weighted by atomic mass is 10.0. The number of anilines is 1. The van der Waals surface area contributed by atoms with Gasteiger partial charge in [-0.15, -0.1) is 0 Å². The number of amides is 2. The van der Waals surface area contributed by atoms with E-state index in [1.165, 1.54) is 18.1 Å². The van der Waals surface area contributed by atoms with Crippen LogP contribution >= 0.6 is 0 Å². The summed E-state index contributed by atoms with van der Waals surface area (Å²) in [6.07, 6.45) is -0.752. The fraction of sp³-hybridized carbons (Fsp3) is 0.438. The molecule has 0 radical (unpaired) electrons. The van der Waals surface area contributed by atoms with Crippen molar-refractivity contribution < 1.29 is 29.0 Å². The molecule has 0 saturated heterocycles. The summed E-state index contributed by atoms with van der Waals surface area (Å²) in [4.78, 5) is 36.4. The average Bonchev–Trinajstić information content (AvgIpc) is 2.56. The fourth-order valence-electron chi connectivity index (χ4n) is 2.56. The van der Waals surface area contributed by atoms with E-state index in [4.69, 9.17) is 4.74 Å². The number of hydrogen-bond acceptors (Lipinski definition) is 5. The van der Waals surface area contributed by atoms with Gasteiger partial charge in [-0.2, -0.15) is 0 Å². The van der Waals surface area contributed by atoms with Crippen LogP contribution in [0.1, 0.15) is 29.8 Å². The minimum Gasteiger partial charge on any atom is -0.479 e. The van der Waals surface area contributed by atoms with Gasteiger partial charge in [0, 0.05) is 13.1 Å². The van der Waals surface area contributed by atoms with E-state index >= 15 is 0 Å². The lowest BCUT2D eigenvalue weighted by Crippen LogP contribution is -2.47. The second kappa shape index (κ2) is 7.20. The highest BCUT2D eigenvalue weighted by molar-refractivity contribution is 6.02. The molecule has 8 nitrogen and oxygen atoms in total. The number of hydrogen-bond donors (Lipinski definition) is 2. The molecule has 2 amide bonds. The highest BCUT2D eigenvalue weighted by atomic mass is 16.5. The van der Waals surface area contributed by atoms with Crippen molar-refractivity contribution in [2.75, 3.05) is 25.1 Å². The van der Waals surface area contributed by atoms with Gasteiger partial charge < -0.3 is 24.8 Å². The highest BCUT2D eigenvalue weighted by Crippen LogP contribution is 2.36. The van der Waals surface area contributed by atoms with Crippen LogP contribution in [-0.2, 0) is 16.0 Å². The number of fused-ring (bicyclic) bond motifs is 1. The van der Waals surface area contributed by atoms with Crippen molar-refractivity contribution >= 4 is 23.7 Å². The maximum Gasteiger partial charge on any atom is 0.406 e. The average molecular weight is 336 g/mol. The fourth-order valence-corrected chi connectivity index (χ4v) is 2.56. The summed E-state index contributed by atoms with van der Waals surface area (Å²) in [5, 5.41) is 11.9. The maximum absolute atomic E-state index is 12.4. The number of nitrogens with zero attached hydrogens (tertiary/aromatic N) is 1. The molecule has 1 aromatic carbocycles. The molecule has 0 unspecified atom stereocenters. The molecule has 1 atom stereocenters. The molecule has 1 aliphatic heterocycles. The zero-order valence-corrected chi connectivity index (χ0v) is 13.8. The third-order valence-corrected chi connectivity index (χ3v) is 3.79. The van der Waals surface area contributed by atoms with Gasteiger partial charge in [0.1, 0.15) is 5.75 Å². The maximum atomic E-state index is 12.4. The number of carbonyl (C=O) groups is 3. The minimum atomic E-state index is -1.06. The van der Waals surface area contributed by atoms with Crippen LogP contribution in [0.4, 0.5) is 10.5 Å². The Labute approximate surface area is 139 Å². The van der Waals surface area contributed by atoms with Crippen molar-refractivity contribution in [1.29, 1.82) is 0 Å². The number of ether oxygens (including phenoxy) is 2. The molecule has 0 fully saturated rings. The summed E-state index contributed by atoms with van der Waals surface area (Å²) in [6, 6.07) is 3.10. The number of aryl methyl sites for hydroxylation is 1. The predicted molar refractivity (Wildman–Crippen MR) is 85.6 cm³/mol. The summed E-state index contributed by atoms with van der Waals surface area (Å²) >= 11 is 0. The van der Waals surface area contributed by atoms with Crippen molar-refractivity contribution in [3.8, 4) is 5.75 Å². The number of nitrogens with one attached hydrogen (secondary N) is 1. The van der Waals surface area contributed by atoms with Gasteiger partial charge in [0.25, 0.3) is 5.91 Å². The predicted octanol–water partition coefficient (Wildman–Crippen LogP) is 1.42. The Hall–Kier alpha value is -2.77. The van der Waals surface area contributed by atoms with Gasteiger partial charge >= 0.3 is 12.1 Å². The summed E-state index contributed by atoms with van der Waals surface area (Å²) in [6.45, 7) is 3.83. The van der Waals surface area contributed by atoms with E-state index in [2.05, 4.69) is 10.1 Å². The van der Waals surface area contributed by atoms with Crippen LogP contribution in [0, 0.1) is 0 Å². The van der Waals surface area contributed by atoms with Crippen molar-refractivity contribution in [2.45, 2.75) is 26.4 Å². The molecule has 0 aliphatic carbocycles. The first kappa shape index (κ1) is 17.6. The van der Waals surface area contributed by atoms with E-state index in [9.17, 15) is 19.5 Å². The molecule has 1 aromatic rings. The topological polar surface area (TPSA) is 105 Å². The SMILES string of the molecule is CCc1cc2c(cc1C(=O)O)N(CCNC(=O)OC)C(=O)[C@@H](C)O2. The van der Waals surface area contributed by atoms with Gasteiger partial charge in [0.05, 0.1) is 18.4 Å². The number of carboxylic acid groups (broad SMARTS) is 1. The summed E-state index contributed by atoms with van der Waals surface area (Å²) in [7, 11) is 1.25. The van der Waals surface area contributed by atoms with Crippen molar-refractivity contribution in [1.82, 2.24) is 5.32 Å². The first-order chi connectivity index (χ1) is 11.4. The second-order valence-electron chi connectivity index (χ2n) is 5.30. The molecular formula is C16H20N2O6. The Balaban J connectivity index is 2.35. The van der Waals surface area contributed by atoms with Crippen LogP contribution in [0.25, 0.3) is 0 Å². The third-order valence-electron chi connectivity index (χ3n) is 3.79. The molecule has 0 aromatic heterocycles. The van der Waals surface area contributed by atoms with E-state index in [0.717, 1.165) is 0 Å². The van der Waals surface area contributed by atoms with Crippen molar-refractivity contribution in [2.24, 2.45) is 0 Å². The van der Waals surface area contributed by atoms with Crippen LogP contribution in [0.3, 0.4) is 0 Å². The van der Waals surface area contributed by atoms with E-state index in [1.807, 2.05) is 6.92 Å². The number of carboxylic acids is 1. The van der Waals surface area contributed by atoms with E-state index in [-0.39, 0.29) is 24.6 Å². The Morgan fingerprint density at radius 1 is 1.42 bits per heavy atom.